The first kappa shape index (κ1) is 23.2. The summed E-state index contributed by atoms with van der Waals surface area (Å²) in [6.45, 7) is 3.73. The molecule has 30 heavy (non-hydrogen) atoms. The number of carbonyl (C=O) groups excluding carboxylic acids is 3. The van der Waals surface area contributed by atoms with Crippen LogP contribution in [0.3, 0.4) is 0 Å². The highest BCUT2D eigenvalue weighted by atomic mass is 35.5. The van der Waals surface area contributed by atoms with Crippen LogP contribution in [0.15, 0.2) is 42.5 Å². The molecule has 0 aliphatic heterocycles. The molecule has 0 aromatic heterocycles. The van der Waals surface area contributed by atoms with Crippen molar-refractivity contribution in [3.8, 4) is 11.5 Å². The maximum Gasteiger partial charge on any atom is 0.251 e. The zero-order chi connectivity index (χ0) is 22.3. The van der Waals surface area contributed by atoms with E-state index in [0.29, 0.717) is 5.75 Å². The minimum Gasteiger partial charge on any atom is -0.508 e. The third-order valence-corrected chi connectivity index (χ3v) is 4.54. The predicted octanol–water partition coefficient (Wildman–Crippen LogP) is 3.01. The third kappa shape index (κ3) is 7.08. The molecule has 4 N–H and O–H groups in total. The lowest BCUT2D eigenvalue weighted by molar-refractivity contribution is -0.124. The maximum atomic E-state index is 12.7. The average Bonchev–Trinajstić information content (AvgIpc) is 2.68. The Morgan fingerprint density at radius 2 is 1.77 bits per heavy atom. The highest BCUT2D eigenvalue weighted by molar-refractivity contribution is 6.32. The van der Waals surface area contributed by atoms with Gasteiger partial charge in [0.2, 0.25) is 5.91 Å². The van der Waals surface area contributed by atoms with Gasteiger partial charge in [-0.05, 0) is 56.2 Å². The number of Topliss-reactive ketones (excluding diaryl/α,β-unsaturated/α-hetero) is 1. The van der Waals surface area contributed by atoms with E-state index >= 15 is 0 Å². The van der Waals surface area contributed by atoms with Gasteiger partial charge >= 0.3 is 0 Å². The number of ether oxygens (including phenoxy) is 1. The fourth-order valence-electron chi connectivity index (χ4n) is 2.77. The topological polar surface area (TPSA) is 119 Å². The SMILES string of the molecule is CC(C)Oc1ccc(C(=O)N[C@@H](Cc2ccc(O)cc2)C(=O)CCC(N)=O)cc1Cl. The maximum absolute atomic E-state index is 12.7. The minimum absolute atomic E-state index is 0.0697. The van der Waals surface area contributed by atoms with Gasteiger partial charge < -0.3 is 20.9 Å². The second-order valence-electron chi connectivity index (χ2n) is 7.14. The summed E-state index contributed by atoms with van der Waals surface area (Å²) in [7, 11) is 0. The zero-order valence-electron chi connectivity index (χ0n) is 16.9. The first-order valence-electron chi connectivity index (χ1n) is 9.51. The van der Waals surface area contributed by atoms with E-state index in [4.69, 9.17) is 22.1 Å². The molecule has 0 bridgehead atoms. The monoisotopic (exact) mass is 432 g/mol. The van der Waals surface area contributed by atoms with Crippen molar-refractivity contribution in [1.82, 2.24) is 5.32 Å². The molecule has 7 nitrogen and oxygen atoms in total. The van der Waals surface area contributed by atoms with Crippen LogP contribution >= 0.6 is 11.6 Å². The molecule has 0 aliphatic carbocycles. The van der Waals surface area contributed by atoms with Gasteiger partial charge in [0, 0.05) is 18.4 Å². The standard InChI is InChI=1S/C22H25ClN2O5/c1-13(2)30-20-9-5-15(12-17(20)23)22(29)25-18(19(27)8-10-21(24)28)11-14-3-6-16(26)7-4-14/h3-7,9,12-13,18,26H,8,10-11H2,1-2H3,(H2,24,28)(H,25,29)/t18-/m0/s1. The first-order valence-corrected chi connectivity index (χ1v) is 9.89. The number of ketones is 1. The molecule has 160 valence electrons. The Kier molecular flexibility index (Phi) is 8.24. The van der Waals surface area contributed by atoms with Crippen molar-refractivity contribution in [2.75, 3.05) is 0 Å². The minimum atomic E-state index is -0.869. The fourth-order valence-corrected chi connectivity index (χ4v) is 2.99. The summed E-state index contributed by atoms with van der Waals surface area (Å²) in [5.41, 5.74) is 6.15. The van der Waals surface area contributed by atoms with Crippen molar-refractivity contribution in [3.63, 3.8) is 0 Å². The molecular weight excluding hydrogens is 408 g/mol. The first-order chi connectivity index (χ1) is 14.2. The van der Waals surface area contributed by atoms with Crippen LogP contribution in [-0.4, -0.2) is 34.8 Å². The highest BCUT2D eigenvalue weighted by Gasteiger charge is 2.23. The second kappa shape index (κ2) is 10.6. The summed E-state index contributed by atoms with van der Waals surface area (Å²) in [6, 6.07) is 10.1. The van der Waals surface area contributed by atoms with E-state index < -0.39 is 17.9 Å². The van der Waals surface area contributed by atoms with Gasteiger partial charge in [0.25, 0.3) is 5.91 Å². The van der Waals surface area contributed by atoms with Gasteiger partial charge in [-0.25, -0.2) is 0 Å². The molecule has 2 rings (SSSR count). The van der Waals surface area contributed by atoms with E-state index in [1.54, 1.807) is 24.3 Å². The van der Waals surface area contributed by atoms with Crippen molar-refractivity contribution in [2.24, 2.45) is 5.73 Å². The summed E-state index contributed by atoms with van der Waals surface area (Å²) in [6.07, 6.45) is -0.0558. The smallest absolute Gasteiger partial charge is 0.251 e. The Morgan fingerprint density at radius 3 is 2.33 bits per heavy atom. The molecule has 8 heteroatoms. The van der Waals surface area contributed by atoms with Crippen molar-refractivity contribution in [2.45, 2.75) is 45.3 Å². The van der Waals surface area contributed by atoms with E-state index in [2.05, 4.69) is 5.32 Å². The molecule has 0 radical (unpaired) electrons. The van der Waals surface area contributed by atoms with Crippen LogP contribution in [0.4, 0.5) is 0 Å². The molecule has 0 saturated carbocycles. The number of carbonyl (C=O) groups is 3. The number of hydrogen-bond donors (Lipinski definition) is 3. The lowest BCUT2D eigenvalue weighted by Gasteiger charge is -2.18. The normalized spacial score (nSPS) is 11.7. The molecule has 0 heterocycles. The number of nitrogens with one attached hydrogen (secondary N) is 1. The molecule has 1 atom stereocenters. The summed E-state index contributed by atoms with van der Waals surface area (Å²) >= 11 is 6.20. The van der Waals surface area contributed by atoms with Crippen LogP contribution < -0.4 is 15.8 Å². The third-order valence-electron chi connectivity index (χ3n) is 4.24. The number of amides is 2. The van der Waals surface area contributed by atoms with E-state index in [0.717, 1.165) is 5.56 Å². The van der Waals surface area contributed by atoms with Crippen LogP contribution in [0.2, 0.25) is 5.02 Å². The Morgan fingerprint density at radius 1 is 1.10 bits per heavy atom. The highest BCUT2D eigenvalue weighted by Crippen LogP contribution is 2.26. The number of primary amides is 1. The van der Waals surface area contributed by atoms with E-state index in [1.165, 1.54) is 18.2 Å². The predicted molar refractivity (Wildman–Crippen MR) is 114 cm³/mol. The molecule has 0 saturated heterocycles. The second-order valence-corrected chi connectivity index (χ2v) is 7.55. The Labute approximate surface area is 180 Å². The Hall–Kier alpha value is -3.06. The summed E-state index contributed by atoms with van der Waals surface area (Å²) in [4.78, 5) is 36.4. The molecule has 0 spiro atoms. The van der Waals surface area contributed by atoms with Crippen LogP contribution in [0.5, 0.6) is 11.5 Å². The lowest BCUT2D eigenvalue weighted by Crippen LogP contribution is -2.42. The fraction of sp³-hybridized carbons (Fsp3) is 0.318. The van der Waals surface area contributed by atoms with E-state index in [-0.39, 0.29) is 47.5 Å². The van der Waals surface area contributed by atoms with Gasteiger partial charge in [0.1, 0.15) is 11.5 Å². The molecule has 2 aromatic carbocycles. The van der Waals surface area contributed by atoms with E-state index in [9.17, 15) is 19.5 Å². The van der Waals surface area contributed by atoms with Gasteiger partial charge in [-0.2, -0.15) is 0 Å². The number of nitrogens with two attached hydrogens (primary N) is 1. The van der Waals surface area contributed by atoms with Crippen molar-refractivity contribution >= 4 is 29.2 Å². The van der Waals surface area contributed by atoms with Gasteiger partial charge in [-0.15, -0.1) is 0 Å². The quantitative estimate of drug-likeness (QED) is 0.533. The number of rotatable bonds is 10. The molecule has 2 aromatic rings. The number of benzene rings is 2. The van der Waals surface area contributed by atoms with Crippen molar-refractivity contribution < 1.29 is 24.2 Å². The molecular formula is C22H25ClN2O5. The van der Waals surface area contributed by atoms with Crippen molar-refractivity contribution in [1.29, 1.82) is 0 Å². The van der Waals surface area contributed by atoms with Crippen LogP contribution in [0, 0.1) is 0 Å². The number of phenols is 1. The molecule has 0 fully saturated rings. The van der Waals surface area contributed by atoms with Gasteiger partial charge in [-0.1, -0.05) is 23.7 Å². The lowest BCUT2D eigenvalue weighted by atomic mass is 9.99. The summed E-state index contributed by atoms with van der Waals surface area (Å²) < 4.78 is 5.56. The number of phenolic OH excluding ortho intramolecular Hbond substituents is 1. The Balaban J connectivity index is 2.17. The Bertz CT molecular complexity index is 912. The summed E-state index contributed by atoms with van der Waals surface area (Å²) in [5, 5.41) is 12.4. The number of halogens is 1. The van der Waals surface area contributed by atoms with Gasteiger partial charge in [0.15, 0.2) is 5.78 Å². The zero-order valence-corrected chi connectivity index (χ0v) is 17.6. The van der Waals surface area contributed by atoms with E-state index in [1.807, 2.05) is 13.8 Å². The molecule has 2 amide bonds. The van der Waals surface area contributed by atoms with Crippen LogP contribution in [0.1, 0.15) is 42.6 Å². The van der Waals surface area contributed by atoms with Gasteiger partial charge in [-0.3, -0.25) is 14.4 Å². The summed E-state index contributed by atoms with van der Waals surface area (Å²) in [5.74, 6) is -0.838. The number of aromatic hydroxyl groups is 1. The molecule has 0 aliphatic rings. The largest absolute Gasteiger partial charge is 0.508 e. The molecule has 0 unspecified atom stereocenters. The van der Waals surface area contributed by atoms with Gasteiger partial charge in [0.05, 0.1) is 17.2 Å². The number of hydrogen-bond acceptors (Lipinski definition) is 5. The average molecular weight is 433 g/mol. The van der Waals surface area contributed by atoms with Crippen LogP contribution in [0.25, 0.3) is 0 Å². The van der Waals surface area contributed by atoms with Crippen LogP contribution in [-0.2, 0) is 16.0 Å². The van der Waals surface area contributed by atoms with Crippen molar-refractivity contribution in [3.05, 3.63) is 58.6 Å².